The Morgan fingerprint density at radius 1 is 1.17 bits per heavy atom. The van der Waals surface area contributed by atoms with Crippen molar-refractivity contribution < 1.29 is 14.3 Å². The first kappa shape index (κ1) is 18.0. The van der Waals surface area contributed by atoms with E-state index in [1.807, 2.05) is 18.2 Å². The average molecular weight is 335 g/mol. The molecule has 1 aliphatic rings. The molecule has 23 heavy (non-hydrogen) atoms. The molecule has 0 bridgehead atoms. The molecule has 1 heterocycles. The first-order valence-corrected chi connectivity index (χ1v) is 9.23. The van der Waals surface area contributed by atoms with Gasteiger partial charge in [-0.25, -0.2) is 0 Å². The molecular formula is C18H25NO3S. The van der Waals surface area contributed by atoms with Crippen molar-refractivity contribution in [1.29, 1.82) is 0 Å². The summed E-state index contributed by atoms with van der Waals surface area (Å²) < 4.78 is 5.18. The van der Waals surface area contributed by atoms with Gasteiger partial charge in [0.1, 0.15) is 0 Å². The third-order valence-electron chi connectivity index (χ3n) is 3.99. The van der Waals surface area contributed by atoms with Crippen LogP contribution in [0.3, 0.4) is 0 Å². The Labute approximate surface area is 142 Å². The van der Waals surface area contributed by atoms with Gasteiger partial charge in [0.15, 0.2) is 5.12 Å². The monoisotopic (exact) mass is 335 g/mol. The normalized spacial score (nSPS) is 21.3. The Hall–Kier alpha value is -1.33. The van der Waals surface area contributed by atoms with Gasteiger partial charge in [-0.3, -0.25) is 14.5 Å². The van der Waals surface area contributed by atoms with E-state index in [1.165, 1.54) is 17.3 Å². The number of thioether (sulfide) groups is 1. The Bertz CT molecular complexity index is 520. The van der Waals surface area contributed by atoms with Gasteiger partial charge >= 0.3 is 5.97 Å². The number of hydrogen-bond donors (Lipinski definition) is 0. The molecule has 0 radical (unpaired) electrons. The minimum absolute atomic E-state index is 0.125. The molecule has 1 aromatic carbocycles. The molecule has 4 nitrogen and oxygen atoms in total. The fourth-order valence-corrected chi connectivity index (χ4v) is 3.75. The molecule has 2 rings (SSSR count). The van der Waals surface area contributed by atoms with Gasteiger partial charge in [-0.1, -0.05) is 49.0 Å². The van der Waals surface area contributed by atoms with E-state index in [-0.39, 0.29) is 22.9 Å². The van der Waals surface area contributed by atoms with Crippen molar-refractivity contribution in [2.75, 3.05) is 25.4 Å². The molecule has 0 amide bonds. The first-order valence-electron chi connectivity index (χ1n) is 8.25. The maximum atomic E-state index is 12.4. The molecule has 1 aliphatic heterocycles. The van der Waals surface area contributed by atoms with E-state index in [4.69, 9.17) is 4.74 Å². The van der Waals surface area contributed by atoms with Crippen molar-refractivity contribution in [2.24, 2.45) is 11.8 Å². The third kappa shape index (κ3) is 5.08. The molecule has 2 atom stereocenters. The highest BCUT2D eigenvalue weighted by atomic mass is 32.2. The van der Waals surface area contributed by atoms with E-state index >= 15 is 0 Å². The molecule has 1 unspecified atom stereocenters. The van der Waals surface area contributed by atoms with E-state index in [1.54, 1.807) is 6.92 Å². The number of carbonyl (C=O) groups excluding carboxylic acids is 2. The number of rotatable bonds is 7. The van der Waals surface area contributed by atoms with E-state index in [0.717, 1.165) is 18.7 Å². The standard InChI is InChI=1S/C18H25NO3S/c1-3-10-23-18(21)16-13-19(11-14-8-6-5-7-9-14)12-15(16)17(20)22-4-2/h5-9,15-16H,3-4,10-13H2,1-2H3/t15-,16?/m1/s1. The summed E-state index contributed by atoms with van der Waals surface area (Å²) in [5.41, 5.74) is 1.20. The number of ether oxygens (including phenoxy) is 1. The van der Waals surface area contributed by atoms with E-state index in [0.29, 0.717) is 19.7 Å². The van der Waals surface area contributed by atoms with Gasteiger partial charge in [-0.15, -0.1) is 0 Å². The summed E-state index contributed by atoms with van der Waals surface area (Å²) in [6.07, 6.45) is 0.959. The van der Waals surface area contributed by atoms with Crippen molar-refractivity contribution >= 4 is 22.8 Å². The van der Waals surface area contributed by atoms with Crippen LogP contribution in [0, 0.1) is 11.8 Å². The lowest BCUT2D eigenvalue weighted by molar-refractivity contribution is -0.149. The van der Waals surface area contributed by atoms with Gasteiger partial charge in [0, 0.05) is 25.4 Å². The van der Waals surface area contributed by atoms with Crippen molar-refractivity contribution in [3.63, 3.8) is 0 Å². The van der Waals surface area contributed by atoms with Crippen LogP contribution in [0.15, 0.2) is 30.3 Å². The van der Waals surface area contributed by atoms with Crippen molar-refractivity contribution in [3.05, 3.63) is 35.9 Å². The van der Waals surface area contributed by atoms with Crippen LogP contribution in [0.5, 0.6) is 0 Å². The van der Waals surface area contributed by atoms with Crippen LogP contribution in [0.2, 0.25) is 0 Å². The van der Waals surface area contributed by atoms with Crippen LogP contribution < -0.4 is 0 Å². The fraction of sp³-hybridized carbons (Fsp3) is 0.556. The lowest BCUT2D eigenvalue weighted by Gasteiger charge is -2.15. The summed E-state index contributed by atoms with van der Waals surface area (Å²) >= 11 is 1.35. The first-order chi connectivity index (χ1) is 11.2. The fourth-order valence-electron chi connectivity index (χ4n) is 2.89. The highest BCUT2D eigenvalue weighted by molar-refractivity contribution is 8.13. The maximum absolute atomic E-state index is 12.4. The lowest BCUT2D eigenvalue weighted by atomic mass is 9.98. The molecule has 1 saturated heterocycles. The van der Waals surface area contributed by atoms with Crippen LogP contribution in [0.4, 0.5) is 0 Å². The van der Waals surface area contributed by atoms with Gasteiger partial charge in [0.25, 0.3) is 0 Å². The predicted molar refractivity (Wildman–Crippen MR) is 93.1 cm³/mol. The van der Waals surface area contributed by atoms with Crippen LogP contribution >= 0.6 is 11.8 Å². The van der Waals surface area contributed by atoms with Gasteiger partial charge in [0.05, 0.1) is 18.4 Å². The molecule has 0 aromatic heterocycles. The number of esters is 1. The van der Waals surface area contributed by atoms with Crippen molar-refractivity contribution in [2.45, 2.75) is 26.8 Å². The summed E-state index contributed by atoms with van der Waals surface area (Å²) in [6, 6.07) is 10.1. The van der Waals surface area contributed by atoms with E-state index in [2.05, 4.69) is 24.0 Å². The molecule has 1 fully saturated rings. The highest BCUT2D eigenvalue weighted by Gasteiger charge is 2.42. The molecule has 5 heteroatoms. The maximum Gasteiger partial charge on any atom is 0.311 e. The number of benzene rings is 1. The van der Waals surface area contributed by atoms with Gasteiger partial charge in [0.2, 0.25) is 0 Å². The Morgan fingerprint density at radius 3 is 2.52 bits per heavy atom. The van der Waals surface area contributed by atoms with Crippen LogP contribution in [-0.4, -0.2) is 41.4 Å². The SMILES string of the molecule is CCCSC(=O)C1CN(Cc2ccccc2)C[C@H]1C(=O)OCC. The second kappa shape index (κ2) is 9.08. The van der Waals surface area contributed by atoms with Crippen LogP contribution in [0.25, 0.3) is 0 Å². The molecule has 0 N–H and O–H groups in total. The predicted octanol–water partition coefficient (Wildman–Crippen LogP) is 2.97. The summed E-state index contributed by atoms with van der Waals surface area (Å²) in [4.78, 5) is 26.9. The van der Waals surface area contributed by atoms with Gasteiger partial charge in [-0.2, -0.15) is 0 Å². The second-order valence-corrected chi connectivity index (χ2v) is 6.91. The van der Waals surface area contributed by atoms with Gasteiger partial charge < -0.3 is 4.74 Å². The summed E-state index contributed by atoms with van der Waals surface area (Å²) in [6.45, 7) is 6.21. The number of nitrogens with zero attached hydrogens (tertiary/aromatic N) is 1. The molecule has 126 valence electrons. The molecule has 0 saturated carbocycles. The van der Waals surface area contributed by atoms with Gasteiger partial charge in [-0.05, 0) is 18.9 Å². The zero-order valence-corrected chi connectivity index (χ0v) is 14.7. The largest absolute Gasteiger partial charge is 0.466 e. The third-order valence-corrected chi connectivity index (χ3v) is 5.18. The van der Waals surface area contributed by atoms with Crippen LogP contribution in [-0.2, 0) is 20.9 Å². The number of carbonyl (C=O) groups is 2. The summed E-state index contributed by atoms with van der Waals surface area (Å²) in [7, 11) is 0. The Balaban J connectivity index is 2.04. The smallest absolute Gasteiger partial charge is 0.311 e. The Kier molecular flexibility index (Phi) is 7.12. The van der Waals surface area contributed by atoms with Crippen molar-refractivity contribution in [3.8, 4) is 0 Å². The zero-order valence-electron chi connectivity index (χ0n) is 13.9. The zero-order chi connectivity index (χ0) is 16.7. The summed E-state index contributed by atoms with van der Waals surface area (Å²) in [5, 5.41) is 0.125. The molecular weight excluding hydrogens is 310 g/mol. The highest BCUT2D eigenvalue weighted by Crippen LogP contribution is 2.30. The molecule has 0 aliphatic carbocycles. The van der Waals surface area contributed by atoms with Crippen molar-refractivity contribution in [1.82, 2.24) is 4.90 Å². The second-order valence-electron chi connectivity index (χ2n) is 5.81. The minimum Gasteiger partial charge on any atom is -0.466 e. The molecule has 0 spiro atoms. The topological polar surface area (TPSA) is 46.6 Å². The average Bonchev–Trinajstić information content (AvgIpc) is 2.98. The Morgan fingerprint density at radius 2 is 1.87 bits per heavy atom. The quantitative estimate of drug-likeness (QED) is 0.717. The minimum atomic E-state index is -0.337. The summed E-state index contributed by atoms with van der Waals surface area (Å²) in [5.74, 6) is -0.0211. The van der Waals surface area contributed by atoms with E-state index < -0.39 is 0 Å². The number of likely N-dealkylation sites (tertiary alicyclic amines) is 1. The number of hydrogen-bond acceptors (Lipinski definition) is 5. The molecule has 1 aromatic rings. The van der Waals surface area contributed by atoms with Crippen LogP contribution in [0.1, 0.15) is 25.8 Å². The van der Waals surface area contributed by atoms with E-state index in [9.17, 15) is 9.59 Å². The lowest BCUT2D eigenvalue weighted by Crippen LogP contribution is -2.29.